The molecule has 176 valence electrons. The van der Waals surface area contributed by atoms with E-state index in [-0.39, 0.29) is 0 Å². The number of rotatable bonds is 2. The Labute approximate surface area is 221 Å². The third-order valence-corrected chi connectivity index (χ3v) is 9.74. The van der Waals surface area contributed by atoms with Gasteiger partial charge >= 0.3 is 0 Å². The Hall–Kier alpha value is -4.48. The van der Waals surface area contributed by atoms with Gasteiger partial charge in [-0.05, 0) is 64.2 Å². The van der Waals surface area contributed by atoms with E-state index in [1.54, 1.807) is 0 Å². The zero-order valence-electron chi connectivity index (χ0n) is 20.1. The Kier molecular flexibility index (Phi) is 3.45. The first-order chi connectivity index (χ1) is 18.8. The first-order valence-electron chi connectivity index (χ1n) is 13.0. The van der Waals surface area contributed by atoms with Crippen LogP contribution >= 0.6 is 11.8 Å². The number of thioether (sulfide) groups is 1. The fourth-order valence-electron chi connectivity index (χ4n) is 6.99. The van der Waals surface area contributed by atoms with E-state index in [4.69, 9.17) is 9.97 Å². The molecule has 4 heterocycles. The van der Waals surface area contributed by atoms with Crippen molar-refractivity contribution >= 4 is 67.3 Å². The van der Waals surface area contributed by atoms with Gasteiger partial charge in [0.15, 0.2) is 0 Å². The monoisotopic (exact) mass is 502 g/mol. The van der Waals surface area contributed by atoms with Crippen molar-refractivity contribution < 1.29 is 0 Å². The quantitative estimate of drug-likeness (QED) is 0.235. The number of pyridine rings is 1. The summed E-state index contributed by atoms with van der Waals surface area (Å²) in [6, 6.07) is 21.6. The molecule has 3 aromatic heterocycles. The van der Waals surface area contributed by atoms with Crippen LogP contribution in [0.3, 0.4) is 0 Å². The molecule has 1 atom stereocenters. The van der Waals surface area contributed by atoms with Gasteiger partial charge in [-0.3, -0.25) is 9.55 Å². The Bertz CT molecular complexity index is 2300. The molecule has 0 radical (unpaired) electrons. The Morgan fingerprint density at radius 2 is 1.74 bits per heavy atom. The van der Waals surface area contributed by atoms with Crippen LogP contribution < -0.4 is 5.35 Å². The van der Waals surface area contributed by atoms with Gasteiger partial charge in [0, 0.05) is 44.4 Å². The van der Waals surface area contributed by atoms with Crippen molar-refractivity contribution in [2.75, 3.05) is 0 Å². The van der Waals surface area contributed by atoms with Crippen LogP contribution in [0, 0.1) is 0 Å². The third-order valence-electron chi connectivity index (χ3n) is 8.50. The first kappa shape index (κ1) is 19.6. The summed E-state index contributed by atoms with van der Waals surface area (Å²) >= 11 is 2.00. The fraction of sp³-hybridized carbons (Fsp3) is 0.0606. The summed E-state index contributed by atoms with van der Waals surface area (Å²) in [4.78, 5) is 16.1. The Morgan fingerprint density at radius 1 is 0.816 bits per heavy atom. The molecule has 4 aromatic carbocycles. The number of benzene rings is 4. The van der Waals surface area contributed by atoms with E-state index in [1.165, 1.54) is 59.4 Å². The van der Waals surface area contributed by atoms with Crippen molar-refractivity contribution in [3.63, 3.8) is 0 Å². The van der Waals surface area contributed by atoms with E-state index in [9.17, 15) is 0 Å². The smallest absolute Gasteiger partial charge is 0.235 e. The van der Waals surface area contributed by atoms with E-state index in [0.717, 1.165) is 34.5 Å². The largest absolute Gasteiger partial charge is 0.278 e. The molecule has 38 heavy (non-hydrogen) atoms. The SMILES string of the molecule is C1=CC2Sc3ccc4c5c3c2c2c1ccc1c2c5c(n1-c1nc(-c2ccncc2)c2ccccc2n1)=CC4. The third kappa shape index (κ3) is 2.24. The molecule has 0 saturated carbocycles. The highest BCUT2D eigenvalue weighted by molar-refractivity contribution is 8.00. The molecule has 0 saturated heterocycles. The molecule has 7 aromatic rings. The molecule has 3 aliphatic rings. The summed E-state index contributed by atoms with van der Waals surface area (Å²) in [5.74, 6) is 0.719. The highest BCUT2D eigenvalue weighted by Gasteiger charge is 2.34. The van der Waals surface area contributed by atoms with Crippen molar-refractivity contribution in [2.45, 2.75) is 16.6 Å². The average molecular weight is 503 g/mol. The van der Waals surface area contributed by atoms with Gasteiger partial charge in [-0.25, -0.2) is 9.97 Å². The summed E-state index contributed by atoms with van der Waals surface area (Å²) in [6.45, 7) is 0. The van der Waals surface area contributed by atoms with Crippen LogP contribution in [0.4, 0.5) is 0 Å². The van der Waals surface area contributed by atoms with Crippen LogP contribution in [0.5, 0.6) is 0 Å². The van der Waals surface area contributed by atoms with Crippen molar-refractivity contribution in [1.29, 1.82) is 0 Å². The first-order valence-corrected chi connectivity index (χ1v) is 13.8. The normalized spacial score (nSPS) is 16.6. The Balaban J connectivity index is 1.42. The van der Waals surface area contributed by atoms with Crippen molar-refractivity contribution in [2.24, 2.45) is 0 Å². The molecule has 5 heteroatoms. The second kappa shape index (κ2) is 6.69. The lowest BCUT2D eigenvalue weighted by Crippen LogP contribution is -2.20. The van der Waals surface area contributed by atoms with Crippen LogP contribution in [0.25, 0.3) is 72.7 Å². The van der Waals surface area contributed by atoms with Crippen LogP contribution in [-0.4, -0.2) is 19.5 Å². The lowest BCUT2D eigenvalue weighted by Gasteiger charge is -2.19. The molecular weight excluding hydrogens is 484 g/mol. The lowest BCUT2D eigenvalue weighted by atomic mass is 9.84. The number of nitrogens with zero attached hydrogens (tertiary/aromatic N) is 4. The number of fused-ring (bicyclic) bond motifs is 1. The standard InChI is InChI=1S/C33H18N4S/c1-2-4-21-20(3-1)32(19-13-15-34-16-14-19)36-33(35-21)37-22-9-5-17-7-11-24-30-26(17)28(22)29-23(37)10-6-18-8-12-25(38-24)31(30)27(18)29/h1-5,7-16,24H,6H2. The predicted octanol–water partition coefficient (Wildman–Crippen LogP) is 7.17. The van der Waals surface area contributed by atoms with Gasteiger partial charge in [0.25, 0.3) is 0 Å². The van der Waals surface area contributed by atoms with E-state index >= 15 is 0 Å². The molecule has 2 aliphatic carbocycles. The van der Waals surface area contributed by atoms with E-state index in [1.807, 2.05) is 36.3 Å². The van der Waals surface area contributed by atoms with Crippen LogP contribution in [-0.2, 0) is 6.42 Å². The number of aromatic nitrogens is 4. The number of para-hydroxylation sites is 1. The van der Waals surface area contributed by atoms with Gasteiger partial charge in [0.1, 0.15) is 0 Å². The van der Waals surface area contributed by atoms with Crippen molar-refractivity contribution in [1.82, 2.24) is 19.5 Å². The summed E-state index contributed by atoms with van der Waals surface area (Å²) in [6.07, 6.45) is 11.6. The van der Waals surface area contributed by atoms with E-state index in [0.29, 0.717) is 5.25 Å². The van der Waals surface area contributed by atoms with Crippen LogP contribution in [0.1, 0.15) is 21.9 Å². The molecule has 0 fully saturated rings. The molecule has 0 N–H and O–H groups in total. The topological polar surface area (TPSA) is 43.6 Å². The maximum atomic E-state index is 5.26. The van der Waals surface area contributed by atoms with E-state index < -0.39 is 0 Å². The minimum atomic E-state index is 0.385. The molecule has 0 spiro atoms. The Morgan fingerprint density at radius 3 is 2.68 bits per heavy atom. The van der Waals surface area contributed by atoms with Crippen molar-refractivity contribution in [3.05, 3.63) is 101 Å². The zero-order chi connectivity index (χ0) is 24.5. The summed E-state index contributed by atoms with van der Waals surface area (Å²) in [5, 5.41) is 9.67. The fourth-order valence-corrected chi connectivity index (χ4v) is 8.25. The maximum Gasteiger partial charge on any atom is 0.235 e. The molecule has 10 rings (SSSR count). The van der Waals surface area contributed by atoms with Gasteiger partial charge in [-0.2, -0.15) is 0 Å². The summed E-state index contributed by atoms with van der Waals surface area (Å²) in [7, 11) is 0. The molecule has 1 unspecified atom stereocenters. The van der Waals surface area contributed by atoms with E-state index in [2.05, 4.69) is 76.3 Å². The van der Waals surface area contributed by atoms with Crippen LogP contribution in [0.15, 0.2) is 84.0 Å². The summed E-state index contributed by atoms with van der Waals surface area (Å²) < 4.78 is 2.31. The van der Waals surface area contributed by atoms with Crippen LogP contribution in [0.2, 0.25) is 0 Å². The highest BCUT2D eigenvalue weighted by atomic mass is 32.2. The average Bonchev–Trinajstić information content (AvgIpc) is 3.53. The predicted molar refractivity (Wildman–Crippen MR) is 156 cm³/mol. The molecule has 0 bridgehead atoms. The minimum Gasteiger partial charge on any atom is -0.278 e. The minimum absolute atomic E-state index is 0.385. The zero-order valence-corrected chi connectivity index (χ0v) is 21.0. The van der Waals surface area contributed by atoms with Crippen molar-refractivity contribution in [3.8, 4) is 17.2 Å². The molecule has 0 amide bonds. The molecular formula is C33H18N4S. The van der Waals surface area contributed by atoms with Gasteiger partial charge in [-0.15, -0.1) is 11.8 Å². The lowest BCUT2D eigenvalue weighted by molar-refractivity contribution is 0.956. The van der Waals surface area contributed by atoms with Gasteiger partial charge in [0.2, 0.25) is 5.95 Å². The van der Waals surface area contributed by atoms with Gasteiger partial charge in [-0.1, -0.05) is 48.6 Å². The summed E-state index contributed by atoms with van der Waals surface area (Å²) in [5.41, 5.74) is 8.34. The number of hydrogen-bond acceptors (Lipinski definition) is 4. The van der Waals surface area contributed by atoms with Gasteiger partial charge < -0.3 is 0 Å². The van der Waals surface area contributed by atoms with Gasteiger partial charge in [0.05, 0.1) is 27.3 Å². The highest BCUT2D eigenvalue weighted by Crippen LogP contribution is 2.57. The second-order valence-electron chi connectivity index (χ2n) is 10.3. The second-order valence-corrected chi connectivity index (χ2v) is 11.5. The molecule has 4 nitrogen and oxygen atoms in total. The number of hydrogen-bond donors (Lipinski definition) is 0. The molecule has 1 aliphatic heterocycles. The maximum absolute atomic E-state index is 5.26.